The summed E-state index contributed by atoms with van der Waals surface area (Å²) in [7, 11) is 2.10. The van der Waals surface area contributed by atoms with Crippen LogP contribution in [0.4, 0.5) is 5.13 Å². The number of hydrogen-bond donors (Lipinski definition) is 2. The van der Waals surface area contributed by atoms with E-state index in [0.29, 0.717) is 17.9 Å². The van der Waals surface area contributed by atoms with Crippen molar-refractivity contribution >= 4 is 39.2 Å². The maximum atomic E-state index is 13.0. The van der Waals surface area contributed by atoms with Gasteiger partial charge in [-0.1, -0.05) is 42.9 Å². The number of nitrogens with zero attached hydrogens (tertiary/aromatic N) is 3. The molecule has 0 aliphatic carbocycles. The number of aromatic amines is 1. The van der Waals surface area contributed by atoms with Crippen LogP contribution in [0.5, 0.6) is 0 Å². The van der Waals surface area contributed by atoms with Crippen molar-refractivity contribution in [3.63, 3.8) is 0 Å². The zero-order valence-corrected chi connectivity index (χ0v) is 20.0. The average molecular weight is 470 g/mol. The van der Waals surface area contributed by atoms with Crippen molar-refractivity contribution in [2.24, 2.45) is 0 Å². The molecule has 1 aromatic carbocycles. The number of ether oxygens (including phenoxy) is 1. The van der Waals surface area contributed by atoms with Gasteiger partial charge in [0.1, 0.15) is 10.9 Å². The van der Waals surface area contributed by atoms with Crippen LogP contribution in [0.3, 0.4) is 0 Å². The number of unbranched alkanes of at least 4 members (excludes halogenated alkanes) is 1. The molecule has 0 saturated carbocycles. The first-order valence-corrected chi connectivity index (χ1v) is 12.3. The van der Waals surface area contributed by atoms with Crippen molar-refractivity contribution in [2.45, 2.75) is 32.2 Å². The fourth-order valence-corrected chi connectivity index (χ4v) is 4.75. The number of likely N-dealkylation sites (N-methyl/N-ethyl adjacent to an activating group) is 1. The molecule has 3 aromatic rings. The van der Waals surface area contributed by atoms with Gasteiger partial charge >= 0.3 is 5.97 Å². The van der Waals surface area contributed by atoms with Gasteiger partial charge in [0.05, 0.1) is 12.8 Å². The number of para-hydroxylation sites is 1. The molecule has 1 aliphatic heterocycles. The summed E-state index contributed by atoms with van der Waals surface area (Å²) in [5, 5.41) is 4.78. The third-order valence-corrected chi connectivity index (χ3v) is 6.98. The number of benzene rings is 1. The van der Waals surface area contributed by atoms with E-state index in [0.717, 1.165) is 60.6 Å². The lowest BCUT2D eigenvalue weighted by Gasteiger charge is -2.32. The van der Waals surface area contributed by atoms with Crippen LogP contribution in [0.1, 0.15) is 35.0 Å². The number of piperazine rings is 1. The maximum absolute atomic E-state index is 13.0. The number of hydrogen-bond acceptors (Lipinski definition) is 7. The third kappa shape index (κ3) is 5.72. The van der Waals surface area contributed by atoms with Crippen molar-refractivity contribution in [1.82, 2.24) is 20.2 Å². The standard InChI is InChI=1S/C24H31N5O3S/c1-3-4-13-32-23(31)20(14-17-15-25-19-8-6-5-7-18(17)19)27-22(30)21-16-26-24(33-21)29-11-9-28(2)10-12-29/h5-8,15-16,20,25H,3-4,9-14H2,1-2H3,(H,27,30). The first-order valence-electron chi connectivity index (χ1n) is 11.5. The Labute approximate surface area is 197 Å². The molecule has 1 unspecified atom stereocenters. The summed E-state index contributed by atoms with van der Waals surface area (Å²) in [6.45, 7) is 6.11. The molecular weight excluding hydrogens is 438 g/mol. The molecule has 1 saturated heterocycles. The smallest absolute Gasteiger partial charge is 0.328 e. The lowest BCUT2D eigenvalue weighted by atomic mass is 10.0. The van der Waals surface area contributed by atoms with Gasteiger partial charge in [-0.15, -0.1) is 0 Å². The Balaban J connectivity index is 1.47. The summed E-state index contributed by atoms with van der Waals surface area (Å²) in [5.41, 5.74) is 1.96. The van der Waals surface area contributed by atoms with Crippen molar-refractivity contribution in [2.75, 3.05) is 44.7 Å². The number of nitrogens with one attached hydrogen (secondary N) is 2. The molecular formula is C24H31N5O3S. The van der Waals surface area contributed by atoms with Crippen LogP contribution in [-0.4, -0.2) is 72.6 Å². The SMILES string of the molecule is CCCCOC(=O)C(Cc1c[nH]c2ccccc12)NC(=O)c1cnc(N2CCN(C)CC2)s1. The molecule has 4 rings (SSSR count). The molecule has 8 nitrogen and oxygen atoms in total. The monoisotopic (exact) mass is 469 g/mol. The zero-order chi connectivity index (χ0) is 23.2. The lowest BCUT2D eigenvalue weighted by molar-refractivity contribution is -0.146. The van der Waals surface area contributed by atoms with Gasteiger partial charge in [0.2, 0.25) is 0 Å². The maximum Gasteiger partial charge on any atom is 0.328 e. The number of amides is 1. The number of H-pyrrole nitrogens is 1. The van der Waals surface area contributed by atoms with Crippen molar-refractivity contribution in [3.8, 4) is 0 Å². The van der Waals surface area contributed by atoms with Crippen molar-refractivity contribution < 1.29 is 14.3 Å². The molecule has 33 heavy (non-hydrogen) atoms. The quantitative estimate of drug-likeness (QED) is 0.370. The summed E-state index contributed by atoms with van der Waals surface area (Å²) in [6.07, 6.45) is 5.57. The minimum atomic E-state index is -0.775. The summed E-state index contributed by atoms with van der Waals surface area (Å²) >= 11 is 1.36. The largest absolute Gasteiger partial charge is 0.464 e. The topological polar surface area (TPSA) is 90.6 Å². The van der Waals surface area contributed by atoms with Crippen LogP contribution in [0.2, 0.25) is 0 Å². The van der Waals surface area contributed by atoms with Crippen LogP contribution in [0, 0.1) is 0 Å². The van der Waals surface area contributed by atoms with Gasteiger partial charge in [0.15, 0.2) is 5.13 Å². The Bertz CT molecular complexity index is 1090. The van der Waals surface area contributed by atoms with Crippen LogP contribution in [0.15, 0.2) is 36.7 Å². The number of rotatable bonds is 9. The van der Waals surface area contributed by atoms with Crippen LogP contribution in [-0.2, 0) is 16.0 Å². The average Bonchev–Trinajstić information content (AvgIpc) is 3.47. The van der Waals surface area contributed by atoms with Gasteiger partial charge in [0.25, 0.3) is 5.91 Å². The van der Waals surface area contributed by atoms with E-state index in [9.17, 15) is 9.59 Å². The second-order valence-corrected chi connectivity index (χ2v) is 9.42. The van der Waals surface area contributed by atoms with Crippen molar-refractivity contribution in [1.29, 1.82) is 0 Å². The van der Waals surface area contributed by atoms with Gasteiger partial charge in [-0.3, -0.25) is 4.79 Å². The number of anilines is 1. The van der Waals surface area contributed by atoms with E-state index < -0.39 is 12.0 Å². The number of esters is 1. The summed E-state index contributed by atoms with van der Waals surface area (Å²) in [5.74, 6) is -0.712. The first kappa shape index (κ1) is 23.3. The molecule has 1 atom stereocenters. The minimum Gasteiger partial charge on any atom is -0.464 e. The second-order valence-electron chi connectivity index (χ2n) is 8.41. The molecule has 1 aliphatic rings. The first-order chi connectivity index (χ1) is 16.0. The normalized spacial score (nSPS) is 15.5. The summed E-state index contributed by atoms with van der Waals surface area (Å²) in [4.78, 5) is 38.6. The van der Waals surface area contributed by atoms with Gasteiger partial charge in [-0.2, -0.15) is 0 Å². The molecule has 0 radical (unpaired) electrons. The summed E-state index contributed by atoms with van der Waals surface area (Å²) in [6, 6.07) is 7.15. The number of aromatic nitrogens is 2. The molecule has 1 fully saturated rings. The van der Waals surface area contributed by atoms with E-state index in [1.54, 1.807) is 6.20 Å². The number of carbonyl (C=O) groups is 2. The predicted octanol–water partition coefficient (Wildman–Crippen LogP) is 3.06. The van der Waals surface area contributed by atoms with Crippen LogP contribution in [0.25, 0.3) is 10.9 Å². The third-order valence-electron chi connectivity index (χ3n) is 5.92. The number of thiazole rings is 1. The highest BCUT2D eigenvalue weighted by Crippen LogP contribution is 2.24. The summed E-state index contributed by atoms with van der Waals surface area (Å²) < 4.78 is 5.46. The fraction of sp³-hybridized carbons (Fsp3) is 0.458. The number of carbonyl (C=O) groups excluding carboxylic acids is 2. The lowest BCUT2D eigenvalue weighted by Crippen LogP contribution is -2.44. The van der Waals surface area contributed by atoms with Gasteiger partial charge in [-0.05, 0) is 25.1 Å². The molecule has 0 bridgehead atoms. The van der Waals surface area contributed by atoms with E-state index in [4.69, 9.17) is 4.74 Å². The van der Waals surface area contributed by atoms with E-state index >= 15 is 0 Å². The highest BCUT2D eigenvalue weighted by molar-refractivity contribution is 7.17. The molecule has 176 valence electrons. The molecule has 2 aromatic heterocycles. The van der Waals surface area contributed by atoms with E-state index in [1.807, 2.05) is 37.4 Å². The number of fused-ring (bicyclic) bond motifs is 1. The van der Waals surface area contributed by atoms with Gasteiger partial charge in [-0.25, -0.2) is 9.78 Å². The Hall–Kier alpha value is -2.91. The van der Waals surface area contributed by atoms with Crippen molar-refractivity contribution in [3.05, 3.63) is 47.1 Å². The fourth-order valence-electron chi connectivity index (χ4n) is 3.87. The van der Waals surface area contributed by atoms with Crippen LogP contribution >= 0.6 is 11.3 Å². The molecule has 9 heteroatoms. The zero-order valence-electron chi connectivity index (χ0n) is 19.2. The molecule has 3 heterocycles. The van der Waals surface area contributed by atoms with Crippen LogP contribution < -0.4 is 10.2 Å². The van der Waals surface area contributed by atoms with E-state index in [2.05, 4.69) is 32.1 Å². The minimum absolute atomic E-state index is 0.301. The molecule has 2 N–H and O–H groups in total. The highest BCUT2D eigenvalue weighted by atomic mass is 32.1. The molecule has 0 spiro atoms. The molecule has 1 amide bonds. The second kappa shape index (κ2) is 10.8. The predicted molar refractivity (Wildman–Crippen MR) is 131 cm³/mol. The van der Waals surface area contributed by atoms with E-state index in [1.165, 1.54) is 11.3 Å². The van der Waals surface area contributed by atoms with Gasteiger partial charge in [0, 0.05) is 49.7 Å². The Morgan fingerprint density at radius 1 is 1.24 bits per heavy atom. The Kier molecular flexibility index (Phi) is 7.61. The van der Waals surface area contributed by atoms with Gasteiger partial charge < -0.3 is 24.8 Å². The Morgan fingerprint density at radius 2 is 2.03 bits per heavy atom. The Morgan fingerprint density at radius 3 is 2.82 bits per heavy atom. The highest BCUT2D eigenvalue weighted by Gasteiger charge is 2.26. The van der Waals surface area contributed by atoms with E-state index in [-0.39, 0.29) is 5.91 Å².